The molecule has 20 heavy (non-hydrogen) atoms. The van der Waals surface area contributed by atoms with Gasteiger partial charge in [-0.25, -0.2) is 9.59 Å². The van der Waals surface area contributed by atoms with Crippen molar-refractivity contribution in [1.29, 1.82) is 0 Å². The molecule has 112 valence electrons. The number of furan rings is 1. The molecule has 0 aromatic carbocycles. The summed E-state index contributed by atoms with van der Waals surface area (Å²) in [6.07, 6.45) is 3.18. The number of rotatable bonds is 7. The van der Waals surface area contributed by atoms with E-state index in [1.54, 1.807) is 18.9 Å². The topological polar surface area (TPSA) is 82.8 Å². The number of hydrogen-bond acceptors (Lipinski definition) is 3. The molecule has 0 bridgehead atoms. The summed E-state index contributed by atoms with van der Waals surface area (Å²) in [6, 6.07) is 1.25. The lowest BCUT2D eigenvalue weighted by Crippen LogP contribution is -2.37. The summed E-state index contributed by atoms with van der Waals surface area (Å²) in [5.74, 6) is -0.242. The van der Waals surface area contributed by atoms with Gasteiger partial charge in [0.15, 0.2) is 0 Å². The average molecular weight is 282 g/mol. The van der Waals surface area contributed by atoms with Crippen LogP contribution in [-0.2, 0) is 6.54 Å². The van der Waals surface area contributed by atoms with Crippen LogP contribution in [-0.4, -0.2) is 35.6 Å². The number of hydrogen-bond donors (Lipinski definition) is 2. The summed E-state index contributed by atoms with van der Waals surface area (Å²) in [4.78, 5) is 24.3. The summed E-state index contributed by atoms with van der Waals surface area (Å²) >= 11 is 0. The predicted octanol–water partition coefficient (Wildman–Crippen LogP) is 2.62. The molecule has 0 spiro atoms. The van der Waals surface area contributed by atoms with E-state index in [0.29, 0.717) is 18.1 Å². The third-order valence-corrected chi connectivity index (χ3v) is 3.06. The van der Waals surface area contributed by atoms with E-state index in [9.17, 15) is 9.59 Å². The summed E-state index contributed by atoms with van der Waals surface area (Å²) in [5.41, 5.74) is 0.130. The molecular weight excluding hydrogens is 260 g/mol. The van der Waals surface area contributed by atoms with Crippen molar-refractivity contribution < 1.29 is 19.1 Å². The van der Waals surface area contributed by atoms with Gasteiger partial charge in [-0.15, -0.1) is 0 Å². The monoisotopic (exact) mass is 282 g/mol. The zero-order valence-corrected chi connectivity index (χ0v) is 12.2. The molecule has 0 saturated heterocycles. The molecule has 0 aliphatic rings. The van der Waals surface area contributed by atoms with E-state index in [4.69, 9.17) is 9.52 Å². The van der Waals surface area contributed by atoms with E-state index < -0.39 is 5.97 Å². The van der Waals surface area contributed by atoms with E-state index in [-0.39, 0.29) is 18.1 Å². The zero-order valence-electron chi connectivity index (χ0n) is 12.2. The van der Waals surface area contributed by atoms with Gasteiger partial charge in [0.25, 0.3) is 0 Å². The molecule has 0 atom stereocenters. The fourth-order valence-electron chi connectivity index (χ4n) is 1.84. The molecule has 6 nitrogen and oxygen atoms in total. The van der Waals surface area contributed by atoms with Crippen LogP contribution in [0.25, 0.3) is 0 Å². The Labute approximate surface area is 118 Å². The van der Waals surface area contributed by atoms with Crippen LogP contribution in [0.4, 0.5) is 4.79 Å². The maximum Gasteiger partial charge on any atom is 0.339 e. The van der Waals surface area contributed by atoms with Gasteiger partial charge in [0.05, 0.1) is 6.54 Å². The van der Waals surface area contributed by atoms with Crippen molar-refractivity contribution in [2.45, 2.75) is 39.7 Å². The molecule has 2 N–H and O–H groups in total. The Morgan fingerprint density at radius 3 is 2.65 bits per heavy atom. The summed E-state index contributed by atoms with van der Waals surface area (Å²) < 4.78 is 5.29. The number of carboxylic acids is 1. The van der Waals surface area contributed by atoms with Gasteiger partial charge >= 0.3 is 12.0 Å². The summed E-state index contributed by atoms with van der Waals surface area (Å²) in [5, 5.41) is 11.6. The van der Waals surface area contributed by atoms with Crippen molar-refractivity contribution in [2.75, 3.05) is 13.6 Å². The second-order valence-corrected chi connectivity index (χ2v) is 4.78. The maximum atomic E-state index is 11.8. The van der Waals surface area contributed by atoms with Gasteiger partial charge < -0.3 is 19.7 Å². The Morgan fingerprint density at radius 1 is 1.40 bits per heavy atom. The SMILES string of the molecule is CCCCCN(C)C(=O)NCc1cc(C(=O)O)c(C)o1. The number of carbonyl (C=O) groups excluding carboxylic acids is 1. The second kappa shape index (κ2) is 7.57. The number of nitrogens with zero attached hydrogens (tertiary/aromatic N) is 1. The van der Waals surface area contributed by atoms with Crippen LogP contribution in [0.1, 0.15) is 48.1 Å². The van der Waals surface area contributed by atoms with E-state index in [1.807, 2.05) is 0 Å². The summed E-state index contributed by atoms with van der Waals surface area (Å²) in [6.45, 7) is 4.59. The highest BCUT2D eigenvalue weighted by Gasteiger charge is 2.14. The molecule has 0 aliphatic carbocycles. The number of aromatic carboxylic acids is 1. The van der Waals surface area contributed by atoms with E-state index in [1.165, 1.54) is 6.07 Å². The lowest BCUT2D eigenvalue weighted by molar-refractivity contribution is 0.0695. The number of carboxylic acid groups (broad SMARTS) is 1. The number of amides is 2. The van der Waals surface area contributed by atoms with Gasteiger partial charge in [-0.05, 0) is 19.4 Å². The van der Waals surface area contributed by atoms with Crippen LogP contribution < -0.4 is 5.32 Å². The van der Waals surface area contributed by atoms with Crippen LogP contribution in [0.5, 0.6) is 0 Å². The highest BCUT2D eigenvalue weighted by atomic mass is 16.4. The van der Waals surface area contributed by atoms with E-state index >= 15 is 0 Å². The molecule has 0 fully saturated rings. The standard InChI is InChI=1S/C14H22N2O4/c1-4-5-6-7-16(3)14(19)15-9-11-8-12(13(17)18)10(2)20-11/h8H,4-7,9H2,1-3H3,(H,15,19)(H,17,18). The van der Waals surface area contributed by atoms with Crippen molar-refractivity contribution in [3.05, 3.63) is 23.2 Å². The van der Waals surface area contributed by atoms with Crippen LogP contribution in [0.2, 0.25) is 0 Å². The van der Waals surface area contributed by atoms with Gasteiger partial charge in [-0.2, -0.15) is 0 Å². The molecule has 6 heteroatoms. The normalized spacial score (nSPS) is 10.3. The fourth-order valence-corrected chi connectivity index (χ4v) is 1.84. The van der Waals surface area contributed by atoms with Gasteiger partial charge in [0.1, 0.15) is 17.1 Å². The molecule has 1 aromatic rings. The second-order valence-electron chi connectivity index (χ2n) is 4.78. The van der Waals surface area contributed by atoms with Crippen molar-refractivity contribution >= 4 is 12.0 Å². The van der Waals surface area contributed by atoms with Crippen molar-refractivity contribution in [1.82, 2.24) is 10.2 Å². The molecule has 0 aliphatic heterocycles. The van der Waals surface area contributed by atoms with Crippen LogP contribution in [0.3, 0.4) is 0 Å². The fraction of sp³-hybridized carbons (Fsp3) is 0.571. The third-order valence-electron chi connectivity index (χ3n) is 3.06. The van der Waals surface area contributed by atoms with Crippen LogP contribution >= 0.6 is 0 Å². The van der Waals surface area contributed by atoms with Gasteiger partial charge in [0, 0.05) is 13.6 Å². The number of unbranched alkanes of at least 4 members (excludes halogenated alkanes) is 2. The molecule has 0 saturated carbocycles. The third kappa shape index (κ3) is 4.60. The first-order valence-electron chi connectivity index (χ1n) is 6.77. The lowest BCUT2D eigenvalue weighted by atomic mass is 10.2. The maximum absolute atomic E-state index is 11.8. The Kier molecular flexibility index (Phi) is 6.09. The molecule has 1 aromatic heterocycles. The van der Waals surface area contributed by atoms with Gasteiger partial charge in [-0.3, -0.25) is 0 Å². The Bertz CT molecular complexity index is 468. The average Bonchev–Trinajstić information content (AvgIpc) is 2.77. The van der Waals surface area contributed by atoms with Gasteiger partial charge in [0.2, 0.25) is 0 Å². The molecule has 0 unspecified atom stereocenters. The minimum atomic E-state index is -1.03. The first kappa shape index (κ1) is 16.1. The first-order valence-corrected chi connectivity index (χ1v) is 6.77. The zero-order chi connectivity index (χ0) is 15.1. The highest BCUT2D eigenvalue weighted by Crippen LogP contribution is 2.14. The summed E-state index contributed by atoms with van der Waals surface area (Å²) in [7, 11) is 1.74. The first-order chi connectivity index (χ1) is 9.45. The van der Waals surface area contributed by atoms with Crippen LogP contribution in [0.15, 0.2) is 10.5 Å². The smallest absolute Gasteiger partial charge is 0.339 e. The van der Waals surface area contributed by atoms with Crippen molar-refractivity contribution in [2.24, 2.45) is 0 Å². The Hall–Kier alpha value is -1.98. The number of carbonyl (C=O) groups is 2. The number of aryl methyl sites for hydroxylation is 1. The molecular formula is C14H22N2O4. The number of urea groups is 1. The molecule has 2 amide bonds. The molecule has 1 rings (SSSR count). The molecule has 0 radical (unpaired) electrons. The quantitative estimate of drug-likeness (QED) is 0.753. The minimum absolute atomic E-state index is 0.130. The predicted molar refractivity (Wildman–Crippen MR) is 74.8 cm³/mol. The number of nitrogens with one attached hydrogen (secondary N) is 1. The van der Waals surface area contributed by atoms with Gasteiger partial charge in [-0.1, -0.05) is 19.8 Å². The van der Waals surface area contributed by atoms with E-state index in [0.717, 1.165) is 19.3 Å². The van der Waals surface area contributed by atoms with Crippen molar-refractivity contribution in [3.63, 3.8) is 0 Å². The largest absolute Gasteiger partial charge is 0.478 e. The minimum Gasteiger partial charge on any atom is -0.478 e. The van der Waals surface area contributed by atoms with Crippen LogP contribution in [0, 0.1) is 6.92 Å². The molecule has 1 heterocycles. The van der Waals surface area contributed by atoms with Crippen molar-refractivity contribution in [3.8, 4) is 0 Å². The Morgan fingerprint density at radius 2 is 2.10 bits per heavy atom. The van der Waals surface area contributed by atoms with E-state index in [2.05, 4.69) is 12.2 Å². The lowest BCUT2D eigenvalue weighted by Gasteiger charge is -2.17. The highest BCUT2D eigenvalue weighted by molar-refractivity contribution is 5.88. The Balaban J connectivity index is 2.44.